The fraction of sp³-hybridized carbons (Fsp3) is 0.462. The van der Waals surface area contributed by atoms with E-state index in [1.165, 1.54) is 64.8 Å². The van der Waals surface area contributed by atoms with Gasteiger partial charge in [-0.1, -0.05) is 138 Å². The molecule has 0 amide bonds. The van der Waals surface area contributed by atoms with E-state index in [1.54, 1.807) is 0 Å². The number of hydrogen-bond donors (Lipinski definition) is 1. The minimum absolute atomic E-state index is 0.406. The highest BCUT2D eigenvalue weighted by atomic mass is 32.7. The molecule has 240 valence electrons. The van der Waals surface area contributed by atoms with E-state index in [0.717, 1.165) is 0 Å². The van der Waals surface area contributed by atoms with Crippen LogP contribution in [-0.2, 0) is 24.1 Å². The van der Waals surface area contributed by atoms with Crippen molar-refractivity contribution in [1.82, 2.24) is 0 Å². The second-order valence-corrected chi connectivity index (χ2v) is 22.1. The van der Waals surface area contributed by atoms with E-state index in [2.05, 4.69) is 138 Å². The molecule has 3 atom stereocenters. The van der Waals surface area contributed by atoms with E-state index in [4.69, 9.17) is 36.3 Å². The Kier molecular flexibility index (Phi) is 12.5. The van der Waals surface area contributed by atoms with Crippen molar-refractivity contribution in [1.29, 1.82) is 0 Å². The van der Waals surface area contributed by atoms with E-state index < -0.39 is 20.6 Å². The van der Waals surface area contributed by atoms with Gasteiger partial charge in [-0.05, 0) is 51.9 Å². The van der Waals surface area contributed by atoms with Crippen molar-refractivity contribution in [3.8, 4) is 0 Å². The zero-order chi connectivity index (χ0) is 33.5. The van der Waals surface area contributed by atoms with Crippen LogP contribution in [0.4, 0.5) is 0 Å². The summed E-state index contributed by atoms with van der Waals surface area (Å²) in [7, 11) is -1.01. The summed E-state index contributed by atoms with van der Waals surface area (Å²) in [6, 6.07) is 20.6. The number of hydrogen-bond acceptors (Lipinski definition) is 3. The summed E-state index contributed by atoms with van der Waals surface area (Å²) in [5.74, 6) is 2.46. The van der Waals surface area contributed by atoms with Crippen LogP contribution < -0.4 is 26.5 Å². The van der Waals surface area contributed by atoms with Crippen molar-refractivity contribution in [3.63, 3.8) is 0 Å². The molecule has 0 heterocycles. The van der Waals surface area contributed by atoms with Gasteiger partial charge >= 0.3 is 0 Å². The minimum Gasteiger partial charge on any atom is -0.749 e. The Hall–Kier alpha value is -0.780. The summed E-state index contributed by atoms with van der Waals surface area (Å²) in [6.07, 6.45) is 0. The maximum absolute atomic E-state index is 6.76. The topological polar surface area (TPSA) is 0 Å². The Labute approximate surface area is 293 Å². The van der Waals surface area contributed by atoms with Gasteiger partial charge in [0, 0.05) is 22.3 Å². The highest BCUT2D eigenvalue weighted by Gasteiger charge is 2.46. The molecule has 0 N–H and O–H groups in total. The van der Waals surface area contributed by atoms with E-state index in [1.807, 2.05) is 0 Å². The Bertz CT molecular complexity index is 1640. The Morgan fingerprint density at radius 3 is 1.16 bits per heavy atom. The van der Waals surface area contributed by atoms with Crippen LogP contribution >= 0.6 is 32.8 Å². The summed E-state index contributed by atoms with van der Waals surface area (Å²) in [6.45, 7) is 25.8. The van der Waals surface area contributed by atoms with Crippen LogP contribution in [0.2, 0.25) is 0 Å². The molecule has 0 fully saturated rings. The lowest BCUT2D eigenvalue weighted by Gasteiger charge is -2.29. The summed E-state index contributed by atoms with van der Waals surface area (Å²) in [4.78, 5) is 1.41. The fourth-order valence-corrected chi connectivity index (χ4v) is 19.1. The molecule has 0 aliphatic heterocycles. The Morgan fingerprint density at radius 1 is 0.511 bits per heavy atom. The molecule has 45 heavy (non-hydrogen) atoms. The Morgan fingerprint density at radius 2 is 0.822 bits per heavy atom. The third kappa shape index (κ3) is 7.46. The van der Waals surface area contributed by atoms with Crippen LogP contribution in [0.3, 0.4) is 0 Å². The van der Waals surface area contributed by atoms with Gasteiger partial charge in [0.2, 0.25) is 17.0 Å². The molecule has 0 aliphatic carbocycles. The summed E-state index contributed by atoms with van der Waals surface area (Å²) in [5, 5.41) is 7.00. The molecule has 4 aromatic carbocycles. The first-order valence-corrected chi connectivity index (χ1v) is 23.8. The van der Waals surface area contributed by atoms with Gasteiger partial charge in [0.25, 0.3) is 6.70 Å². The summed E-state index contributed by atoms with van der Waals surface area (Å²) in [5.41, 5.74) is 8.42. The van der Waals surface area contributed by atoms with Crippen molar-refractivity contribution in [3.05, 3.63) is 92.9 Å². The molecular formula is C39H52P3S3+. The van der Waals surface area contributed by atoms with Crippen molar-refractivity contribution in [2.45, 2.75) is 119 Å². The van der Waals surface area contributed by atoms with Crippen LogP contribution in [0, 0.1) is 4.94 Å². The lowest BCUT2D eigenvalue weighted by molar-refractivity contribution is 0.846. The van der Waals surface area contributed by atoms with Gasteiger partial charge in [0.05, 0.1) is 17.6 Å². The first-order valence-electron chi connectivity index (χ1n) is 16.5. The molecule has 0 aliphatic rings. The molecule has 0 nitrogen and oxygen atoms in total. The quantitative estimate of drug-likeness (QED) is 0.0935. The number of rotatable bonds is 11. The zero-order valence-electron chi connectivity index (χ0n) is 29.3. The largest absolute Gasteiger partial charge is 0.749 e. The van der Waals surface area contributed by atoms with Gasteiger partial charge in [-0.15, -0.1) is 0 Å². The monoisotopic (exact) mass is 709 g/mol. The molecule has 0 aromatic heterocycles. The number of thiol groups is 1. The molecule has 0 bridgehead atoms. The molecule has 4 rings (SSSR count). The predicted octanol–water partition coefficient (Wildman–Crippen LogP) is 11.3. The molecule has 3 unspecified atom stereocenters. The van der Waals surface area contributed by atoms with Gasteiger partial charge in [0.1, 0.15) is 0 Å². The van der Waals surface area contributed by atoms with Gasteiger partial charge in [-0.2, -0.15) is 7.12 Å². The molecule has 4 aromatic rings. The molecule has 6 heteroatoms. The lowest BCUT2D eigenvalue weighted by atomic mass is 9.95. The second-order valence-electron chi connectivity index (χ2n) is 14.2. The molecule has 0 saturated carbocycles. The van der Waals surface area contributed by atoms with Gasteiger partial charge < -0.3 is 12.2 Å². The standard InChI is InChI=1S/C39H52P3S3/c1-22(2)28-16-13-17-29(23(3)4)34(28)40(43)37-38(41(44)35-30(24(5)6)18-14-19-31(35)25(7)8)39(37)42(45)36-32(26(9)10)20-15-21-33(36)27(11)12/h13-27H,1-12H3,(H-,43,44)/q+1. The molecule has 0 saturated heterocycles. The molecule has 0 spiro atoms. The van der Waals surface area contributed by atoms with Crippen molar-refractivity contribution in [2.24, 2.45) is 0 Å². The van der Waals surface area contributed by atoms with Gasteiger partial charge in [-0.3, -0.25) is 0 Å². The average Bonchev–Trinajstić information content (AvgIpc) is 3.74. The maximum Gasteiger partial charge on any atom is 0.256 e. The molecule has 0 radical (unpaired) electrons. The summed E-state index contributed by atoms with van der Waals surface area (Å²) < 4.78 is 0. The van der Waals surface area contributed by atoms with E-state index >= 15 is 0 Å². The predicted molar refractivity (Wildman–Crippen MR) is 219 cm³/mol. The zero-order valence-corrected chi connectivity index (χ0v) is 34.5. The maximum atomic E-state index is 6.76. The fourth-order valence-electron chi connectivity index (χ4n) is 6.33. The van der Waals surface area contributed by atoms with Gasteiger partial charge in [-0.25, -0.2) is 0 Å². The normalized spacial score (nSPS) is 14.2. The highest BCUT2D eigenvalue weighted by Crippen LogP contribution is 2.49. The molecular weight excluding hydrogens is 658 g/mol. The summed E-state index contributed by atoms with van der Waals surface area (Å²) >= 11 is 19.1. The third-order valence-electron chi connectivity index (χ3n) is 8.87. The second kappa shape index (κ2) is 15.2. The van der Waals surface area contributed by atoms with Crippen LogP contribution in [0.15, 0.2) is 54.6 Å². The van der Waals surface area contributed by atoms with Crippen LogP contribution in [0.1, 0.15) is 152 Å². The van der Waals surface area contributed by atoms with E-state index in [0.29, 0.717) is 35.5 Å². The SMILES string of the molecule is CC(C)c1cccc(C(C)C)c1P([S-])c1c([P+](=S)c2c(C(C)C)cccc2C(C)C)c1=[P+](S)c1c(C(C)C)cccc1C(C)C. The van der Waals surface area contributed by atoms with E-state index in [-0.39, 0.29) is 0 Å². The lowest BCUT2D eigenvalue weighted by Crippen LogP contribution is -2.21. The Balaban J connectivity index is 2.14. The number of benzene rings is 3. The minimum atomic E-state index is -1.01. The first kappa shape index (κ1) is 37.0. The van der Waals surface area contributed by atoms with Crippen LogP contribution in [0.25, 0.3) is 0 Å². The average molecular weight is 710 g/mol. The van der Waals surface area contributed by atoms with Crippen molar-refractivity contribution >= 4 is 83.4 Å². The van der Waals surface area contributed by atoms with Crippen LogP contribution in [0.5, 0.6) is 0 Å². The van der Waals surface area contributed by atoms with Crippen molar-refractivity contribution < 1.29 is 0 Å². The van der Waals surface area contributed by atoms with Crippen LogP contribution in [-0.4, -0.2) is 0 Å². The third-order valence-corrected chi connectivity index (χ3v) is 18.2. The first-order chi connectivity index (χ1) is 21.1. The highest BCUT2D eigenvalue weighted by molar-refractivity contribution is 8.45. The van der Waals surface area contributed by atoms with E-state index in [9.17, 15) is 0 Å². The van der Waals surface area contributed by atoms with Gasteiger partial charge in [0.15, 0.2) is 22.4 Å². The smallest absolute Gasteiger partial charge is 0.256 e. The van der Waals surface area contributed by atoms with Crippen molar-refractivity contribution in [2.75, 3.05) is 0 Å².